The molecule has 0 aliphatic rings. The van der Waals surface area contributed by atoms with Crippen LogP contribution in [-0.4, -0.2) is 56.7 Å². The Kier molecular flexibility index (Phi) is 9.22. The number of amides is 1. The molecule has 0 aromatic heterocycles. The standard InChI is InChI=1S/C12H24N2O4/c1-4-18-12(16)9-14(5-6-17-3)11(15)7-10(2)8-13/h10H,4-9,13H2,1-3H3. The predicted molar refractivity (Wildman–Crippen MR) is 67.9 cm³/mol. The summed E-state index contributed by atoms with van der Waals surface area (Å²) in [5.41, 5.74) is 5.48. The molecule has 1 atom stereocenters. The topological polar surface area (TPSA) is 81.9 Å². The molecule has 1 amide bonds. The van der Waals surface area contributed by atoms with E-state index in [1.165, 1.54) is 4.90 Å². The molecule has 0 radical (unpaired) electrons. The summed E-state index contributed by atoms with van der Waals surface area (Å²) >= 11 is 0. The summed E-state index contributed by atoms with van der Waals surface area (Å²) < 4.78 is 9.76. The fourth-order valence-electron chi connectivity index (χ4n) is 1.37. The fourth-order valence-corrected chi connectivity index (χ4v) is 1.37. The SMILES string of the molecule is CCOC(=O)CN(CCOC)C(=O)CC(C)CN. The number of carbonyl (C=O) groups excluding carboxylic acids is 2. The molecular weight excluding hydrogens is 236 g/mol. The highest BCUT2D eigenvalue weighted by Gasteiger charge is 2.19. The van der Waals surface area contributed by atoms with E-state index in [-0.39, 0.29) is 18.4 Å². The third-order valence-electron chi connectivity index (χ3n) is 2.47. The van der Waals surface area contributed by atoms with Crippen molar-refractivity contribution in [3.63, 3.8) is 0 Å². The number of nitrogens with zero attached hydrogens (tertiary/aromatic N) is 1. The van der Waals surface area contributed by atoms with Gasteiger partial charge in [-0.05, 0) is 19.4 Å². The van der Waals surface area contributed by atoms with E-state index >= 15 is 0 Å². The van der Waals surface area contributed by atoms with Crippen LogP contribution in [0.3, 0.4) is 0 Å². The number of ether oxygens (including phenoxy) is 2. The van der Waals surface area contributed by atoms with Crippen LogP contribution >= 0.6 is 0 Å². The number of rotatable bonds is 9. The van der Waals surface area contributed by atoms with Gasteiger partial charge in [0.1, 0.15) is 6.54 Å². The van der Waals surface area contributed by atoms with Crippen molar-refractivity contribution in [1.82, 2.24) is 4.90 Å². The first-order valence-electron chi connectivity index (χ1n) is 6.17. The minimum Gasteiger partial charge on any atom is -0.465 e. The molecular formula is C12H24N2O4. The first-order valence-corrected chi connectivity index (χ1v) is 6.17. The molecule has 0 aromatic rings. The molecule has 0 saturated heterocycles. The Labute approximate surface area is 108 Å². The number of hydrogen-bond donors (Lipinski definition) is 1. The first kappa shape index (κ1) is 16.9. The van der Waals surface area contributed by atoms with Gasteiger partial charge in [0.05, 0.1) is 13.2 Å². The Morgan fingerprint density at radius 1 is 1.39 bits per heavy atom. The third-order valence-corrected chi connectivity index (χ3v) is 2.47. The van der Waals surface area contributed by atoms with E-state index in [0.717, 1.165) is 0 Å². The van der Waals surface area contributed by atoms with Crippen LogP contribution in [0.1, 0.15) is 20.3 Å². The van der Waals surface area contributed by atoms with Crippen LogP contribution in [0.2, 0.25) is 0 Å². The van der Waals surface area contributed by atoms with Crippen LogP contribution in [0, 0.1) is 5.92 Å². The lowest BCUT2D eigenvalue weighted by atomic mass is 10.1. The highest BCUT2D eigenvalue weighted by molar-refractivity contribution is 5.82. The molecule has 0 fully saturated rings. The summed E-state index contributed by atoms with van der Waals surface area (Å²) in [6.07, 6.45) is 0.333. The Morgan fingerprint density at radius 2 is 2.06 bits per heavy atom. The quantitative estimate of drug-likeness (QED) is 0.591. The van der Waals surface area contributed by atoms with Gasteiger partial charge in [-0.1, -0.05) is 6.92 Å². The molecule has 0 bridgehead atoms. The van der Waals surface area contributed by atoms with Crippen molar-refractivity contribution in [2.24, 2.45) is 11.7 Å². The van der Waals surface area contributed by atoms with Crippen LogP contribution in [0.4, 0.5) is 0 Å². The second-order valence-electron chi connectivity index (χ2n) is 4.16. The largest absolute Gasteiger partial charge is 0.465 e. The van der Waals surface area contributed by atoms with Crippen LogP contribution in [0.15, 0.2) is 0 Å². The van der Waals surface area contributed by atoms with Crippen LogP contribution < -0.4 is 5.73 Å². The summed E-state index contributed by atoms with van der Waals surface area (Å²) in [6, 6.07) is 0. The molecule has 2 N–H and O–H groups in total. The van der Waals surface area contributed by atoms with Gasteiger partial charge >= 0.3 is 5.97 Å². The minimum absolute atomic E-state index is 0.0344. The first-order chi connectivity index (χ1) is 8.54. The predicted octanol–water partition coefficient (Wildman–Crippen LogP) is 0.00940. The second-order valence-corrected chi connectivity index (χ2v) is 4.16. The maximum absolute atomic E-state index is 12.0. The normalized spacial score (nSPS) is 12.0. The van der Waals surface area contributed by atoms with E-state index in [9.17, 15) is 9.59 Å². The van der Waals surface area contributed by atoms with E-state index < -0.39 is 5.97 Å². The Hall–Kier alpha value is -1.14. The van der Waals surface area contributed by atoms with Gasteiger partial charge in [-0.15, -0.1) is 0 Å². The molecule has 106 valence electrons. The average Bonchev–Trinajstić information content (AvgIpc) is 2.34. The molecule has 0 aromatic carbocycles. The molecule has 0 saturated carbocycles. The second kappa shape index (κ2) is 9.85. The smallest absolute Gasteiger partial charge is 0.325 e. The molecule has 6 heteroatoms. The highest BCUT2D eigenvalue weighted by atomic mass is 16.5. The van der Waals surface area contributed by atoms with Crippen molar-refractivity contribution < 1.29 is 19.1 Å². The molecule has 0 heterocycles. The fraction of sp³-hybridized carbons (Fsp3) is 0.833. The van der Waals surface area contributed by atoms with E-state index in [4.69, 9.17) is 15.2 Å². The summed E-state index contributed by atoms with van der Waals surface area (Å²) in [5, 5.41) is 0. The van der Waals surface area contributed by atoms with Gasteiger partial charge in [0.2, 0.25) is 5.91 Å². The minimum atomic E-state index is -0.401. The lowest BCUT2D eigenvalue weighted by Crippen LogP contribution is -2.39. The lowest BCUT2D eigenvalue weighted by molar-refractivity contribution is -0.149. The number of esters is 1. The summed E-state index contributed by atoms with van der Waals surface area (Å²) in [4.78, 5) is 24.8. The summed E-state index contributed by atoms with van der Waals surface area (Å²) in [7, 11) is 1.55. The number of nitrogens with two attached hydrogens (primary N) is 1. The average molecular weight is 260 g/mol. The molecule has 0 rings (SSSR count). The number of hydrogen-bond acceptors (Lipinski definition) is 5. The van der Waals surface area contributed by atoms with Crippen molar-refractivity contribution in [1.29, 1.82) is 0 Å². The number of carbonyl (C=O) groups is 2. The molecule has 0 aliphatic heterocycles. The van der Waals surface area contributed by atoms with Gasteiger partial charge in [-0.25, -0.2) is 0 Å². The van der Waals surface area contributed by atoms with Crippen LogP contribution in [0.25, 0.3) is 0 Å². The van der Waals surface area contributed by atoms with Gasteiger partial charge in [0, 0.05) is 20.1 Å². The molecule has 18 heavy (non-hydrogen) atoms. The summed E-state index contributed by atoms with van der Waals surface area (Å²) in [5.74, 6) is -0.398. The molecule has 1 unspecified atom stereocenters. The van der Waals surface area contributed by atoms with Crippen LogP contribution in [-0.2, 0) is 19.1 Å². The Bertz CT molecular complexity index is 258. The highest BCUT2D eigenvalue weighted by Crippen LogP contribution is 2.04. The Balaban J connectivity index is 4.36. The third kappa shape index (κ3) is 7.24. The van der Waals surface area contributed by atoms with Gasteiger partial charge in [0.25, 0.3) is 0 Å². The molecule has 6 nitrogen and oxygen atoms in total. The van der Waals surface area contributed by atoms with E-state index in [2.05, 4.69) is 0 Å². The molecule has 0 aliphatic carbocycles. The number of methoxy groups -OCH3 is 1. The zero-order chi connectivity index (χ0) is 14.0. The van der Waals surface area contributed by atoms with Gasteiger partial charge in [0.15, 0.2) is 0 Å². The van der Waals surface area contributed by atoms with E-state index in [0.29, 0.717) is 32.7 Å². The lowest BCUT2D eigenvalue weighted by Gasteiger charge is -2.22. The van der Waals surface area contributed by atoms with Crippen molar-refractivity contribution in [2.45, 2.75) is 20.3 Å². The van der Waals surface area contributed by atoms with E-state index in [1.54, 1.807) is 14.0 Å². The van der Waals surface area contributed by atoms with Gasteiger partial charge < -0.3 is 20.1 Å². The van der Waals surface area contributed by atoms with Crippen molar-refractivity contribution in [3.8, 4) is 0 Å². The molecule has 0 spiro atoms. The summed E-state index contributed by atoms with van der Waals surface area (Å²) in [6.45, 7) is 5.13. The maximum Gasteiger partial charge on any atom is 0.325 e. The van der Waals surface area contributed by atoms with E-state index in [1.807, 2.05) is 6.92 Å². The van der Waals surface area contributed by atoms with Crippen LogP contribution in [0.5, 0.6) is 0 Å². The zero-order valence-corrected chi connectivity index (χ0v) is 11.5. The monoisotopic (exact) mass is 260 g/mol. The van der Waals surface area contributed by atoms with Crippen molar-refractivity contribution in [2.75, 3.05) is 40.0 Å². The van der Waals surface area contributed by atoms with Crippen molar-refractivity contribution >= 4 is 11.9 Å². The van der Waals surface area contributed by atoms with Crippen molar-refractivity contribution in [3.05, 3.63) is 0 Å². The Morgan fingerprint density at radius 3 is 2.56 bits per heavy atom. The van der Waals surface area contributed by atoms with Gasteiger partial charge in [-0.3, -0.25) is 9.59 Å². The zero-order valence-electron chi connectivity index (χ0n) is 11.5. The van der Waals surface area contributed by atoms with Gasteiger partial charge in [-0.2, -0.15) is 0 Å². The maximum atomic E-state index is 12.0.